The third kappa shape index (κ3) is 3.22. The Morgan fingerprint density at radius 1 is 1.15 bits per heavy atom. The van der Waals surface area contributed by atoms with Crippen molar-refractivity contribution < 1.29 is 0 Å². The van der Waals surface area contributed by atoms with Crippen LogP contribution in [0.25, 0.3) is 10.9 Å². The molecule has 1 fully saturated rings. The van der Waals surface area contributed by atoms with Gasteiger partial charge in [0.15, 0.2) is 0 Å². The molecule has 0 radical (unpaired) electrons. The molecular formula is C16H20ClN3. The van der Waals surface area contributed by atoms with Crippen LogP contribution in [0.2, 0.25) is 5.02 Å². The fraction of sp³-hybridized carbons (Fsp3) is 0.438. The molecule has 1 aromatic heterocycles. The van der Waals surface area contributed by atoms with Crippen LogP contribution in [-0.4, -0.2) is 24.1 Å². The van der Waals surface area contributed by atoms with Crippen molar-refractivity contribution in [3.05, 3.63) is 35.5 Å². The summed E-state index contributed by atoms with van der Waals surface area (Å²) in [6.45, 7) is 1.93. The van der Waals surface area contributed by atoms with Gasteiger partial charge in [0.25, 0.3) is 0 Å². The van der Waals surface area contributed by atoms with Crippen LogP contribution in [0.5, 0.6) is 0 Å². The molecule has 106 valence electrons. The largest absolute Gasteiger partial charge is 0.383 e. The second-order valence-electron chi connectivity index (χ2n) is 5.38. The lowest BCUT2D eigenvalue weighted by Gasteiger charge is -2.13. The molecule has 0 saturated heterocycles. The van der Waals surface area contributed by atoms with E-state index in [9.17, 15) is 0 Å². The quantitative estimate of drug-likeness (QED) is 0.822. The number of nitrogens with zero attached hydrogens (tertiary/aromatic N) is 1. The maximum Gasteiger partial charge on any atom is 0.0737 e. The first kappa shape index (κ1) is 13.7. The minimum atomic E-state index is 0.727. The van der Waals surface area contributed by atoms with Crippen molar-refractivity contribution >= 4 is 28.2 Å². The standard InChI is InChI=1S/C16H20ClN3/c17-12-5-6-14-15(7-8-19-16(14)11-12)20-10-9-18-13-3-1-2-4-13/h5-8,11,13,18H,1-4,9-10H2,(H,19,20). The number of pyridine rings is 1. The predicted molar refractivity (Wildman–Crippen MR) is 85.5 cm³/mol. The lowest BCUT2D eigenvalue weighted by atomic mass is 10.2. The summed E-state index contributed by atoms with van der Waals surface area (Å²) < 4.78 is 0. The number of anilines is 1. The molecule has 0 aliphatic heterocycles. The van der Waals surface area contributed by atoms with Gasteiger partial charge in [-0.2, -0.15) is 0 Å². The summed E-state index contributed by atoms with van der Waals surface area (Å²) in [6, 6.07) is 8.58. The summed E-state index contributed by atoms with van der Waals surface area (Å²) in [4.78, 5) is 4.35. The minimum Gasteiger partial charge on any atom is -0.383 e. The van der Waals surface area contributed by atoms with E-state index in [0.29, 0.717) is 0 Å². The molecule has 2 N–H and O–H groups in total. The van der Waals surface area contributed by atoms with Gasteiger partial charge < -0.3 is 10.6 Å². The summed E-state index contributed by atoms with van der Waals surface area (Å²) >= 11 is 6.00. The molecule has 1 heterocycles. The lowest BCUT2D eigenvalue weighted by molar-refractivity contribution is 0.536. The molecule has 4 heteroatoms. The average Bonchev–Trinajstić information content (AvgIpc) is 2.96. The van der Waals surface area contributed by atoms with Crippen molar-refractivity contribution in [2.75, 3.05) is 18.4 Å². The van der Waals surface area contributed by atoms with Gasteiger partial charge in [-0.15, -0.1) is 0 Å². The molecule has 1 aliphatic rings. The van der Waals surface area contributed by atoms with Gasteiger partial charge in [-0.1, -0.05) is 24.4 Å². The summed E-state index contributed by atoms with van der Waals surface area (Å²) in [5, 5.41) is 8.95. The van der Waals surface area contributed by atoms with E-state index in [-0.39, 0.29) is 0 Å². The van der Waals surface area contributed by atoms with Gasteiger partial charge in [-0.25, -0.2) is 0 Å². The number of rotatable bonds is 5. The number of fused-ring (bicyclic) bond motifs is 1. The fourth-order valence-corrected chi connectivity index (χ4v) is 3.05. The number of aromatic nitrogens is 1. The monoisotopic (exact) mass is 289 g/mol. The second-order valence-corrected chi connectivity index (χ2v) is 5.82. The predicted octanol–water partition coefficient (Wildman–Crippen LogP) is 3.83. The van der Waals surface area contributed by atoms with E-state index in [1.807, 2.05) is 30.5 Å². The molecular weight excluding hydrogens is 270 g/mol. The highest BCUT2D eigenvalue weighted by atomic mass is 35.5. The Kier molecular flexibility index (Phi) is 4.38. The molecule has 2 aromatic rings. The first-order valence-electron chi connectivity index (χ1n) is 7.34. The second kappa shape index (κ2) is 6.42. The average molecular weight is 290 g/mol. The Balaban J connectivity index is 1.59. The van der Waals surface area contributed by atoms with Crippen molar-refractivity contribution in [2.24, 2.45) is 0 Å². The van der Waals surface area contributed by atoms with E-state index in [4.69, 9.17) is 11.6 Å². The Morgan fingerprint density at radius 3 is 2.85 bits per heavy atom. The zero-order valence-corrected chi connectivity index (χ0v) is 12.3. The van der Waals surface area contributed by atoms with E-state index in [1.54, 1.807) is 0 Å². The molecule has 0 spiro atoms. The maximum absolute atomic E-state index is 6.00. The molecule has 0 atom stereocenters. The van der Waals surface area contributed by atoms with E-state index in [0.717, 1.165) is 40.7 Å². The van der Waals surface area contributed by atoms with Crippen LogP contribution in [0.1, 0.15) is 25.7 Å². The molecule has 1 aromatic carbocycles. The third-order valence-electron chi connectivity index (χ3n) is 3.93. The molecule has 1 saturated carbocycles. The highest BCUT2D eigenvalue weighted by Gasteiger charge is 2.13. The summed E-state index contributed by atoms with van der Waals surface area (Å²) in [6.07, 6.45) is 7.24. The lowest BCUT2D eigenvalue weighted by Crippen LogP contribution is -2.30. The zero-order chi connectivity index (χ0) is 13.8. The number of hydrogen-bond acceptors (Lipinski definition) is 3. The summed E-state index contributed by atoms with van der Waals surface area (Å²) in [7, 11) is 0. The van der Waals surface area contributed by atoms with Gasteiger partial charge in [0, 0.05) is 41.4 Å². The van der Waals surface area contributed by atoms with E-state index >= 15 is 0 Å². The molecule has 0 amide bonds. The number of hydrogen-bond donors (Lipinski definition) is 2. The van der Waals surface area contributed by atoms with Crippen molar-refractivity contribution in [3.63, 3.8) is 0 Å². The molecule has 0 bridgehead atoms. The minimum absolute atomic E-state index is 0.727. The van der Waals surface area contributed by atoms with Crippen LogP contribution in [0.15, 0.2) is 30.5 Å². The number of nitrogens with one attached hydrogen (secondary N) is 2. The van der Waals surface area contributed by atoms with Crippen molar-refractivity contribution in [1.29, 1.82) is 0 Å². The number of halogens is 1. The Bertz CT molecular complexity index is 579. The van der Waals surface area contributed by atoms with Gasteiger partial charge in [0.1, 0.15) is 0 Å². The first-order chi connectivity index (χ1) is 9.83. The summed E-state index contributed by atoms with van der Waals surface area (Å²) in [5.41, 5.74) is 2.06. The van der Waals surface area contributed by atoms with Gasteiger partial charge in [0.05, 0.1) is 5.52 Å². The molecule has 0 unspecified atom stereocenters. The Morgan fingerprint density at radius 2 is 2.00 bits per heavy atom. The normalized spacial score (nSPS) is 15.8. The maximum atomic E-state index is 6.00. The zero-order valence-electron chi connectivity index (χ0n) is 11.5. The number of benzene rings is 1. The van der Waals surface area contributed by atoms with Crippen LogP contribution < -0.4 is 10.6 Å². The van der Waals surface area contributed by atoms with Gasteiger partial charge in [-0.05, 0) is 37.1 Å². The highest BCUT2D eigenvalue weighted by Crippen LogP contribution is 2.24. The van der Waals surface area contributed by atoms with Crippen LogP contribution in [-0.2, 0) is 0 Å². The van der Waals surface area contributed by atoms with E-state index in [1.165, 1.54) is 25.7 Å². The van der Waals surface area contributed by atoms with Crippen molar-refractivity contribution in [1.82, 2.24) is 10.3 Å². The Labute approximate surface area is 124 Å². The van der Waals surface area contributed by atoms with E-state index < -0.39 is 0 Å². The third-order valence-corrected chi connectivity index (χ3v) is 4.17. The molecule has 20 heavy (non-hydrogen) atoms. The summed E-state index contributed by atoms with van der Waals surface area (Å²) in [5.74, 6) is 0. The first-order valence-corrected chi connectivity index (χ1v) is 7.72. The van der Waals surface area contributed by atoms with Gasteiger partial charge >= 0.3 is 0 Å². The van der Waals surface area contributed by atoms with Crippen molar-refractivity contribution in [3.8, 4) is 0 Å². The van der Waals surface area contributed by atoms with Crippen LogP contribution >= 0.6 is 11.6 Å². The van der Waals surface area contributed by atoms with E-state index in [2.05, 4.69) is 15.6 Å². The van der Waals surface area contributed by atoms with Gasteiger partial charge in [0.2, 0.25) is 0 Å². The smallest absolute Gasteiger partial charge is 0.0737 e. The molecule has 3 rings (SSSR count). The molecule has 1 aliphatic carbocycles. The SMILES string of the molecule is Clc1ccc2c(NCCNC3CCCC3)ccnc2c1. The molecule has 3 nitrogen and oxygen atoms in total. The highest BCUT2D eigenvalue weighted by molar-refractivity contribution is 6.31. The fourth-order valence-electron chi connectivity index (χ4n) is 2.88. The van der Waals surface area contributed by atoms with Crippen molar-refractivity contribution in [2.45, 2.75) is 31.7 Å². The van der Waals surface area contributed by atoms with Crippen LogP contribution in [0.3, 0.4) is 0 Å². The van der Waals surface area contributed by atoms with Gasteiger partial charge in [-0.3, -0.25) is 4.98 Å². The van der Waals surface area contributed by atoms with Crippen LogP contribution in [0, 0.1) is 0 Å². The van der Waals surface area contributed by atoms with Crippen LogP contribution in [0.4, 0.5) is 5.69 Å². The Hall–Kier alpha value is -1.32. The topological polar surface area (TPSA) is 37.0 Å².